The van der Waals surface area contributed by atoms with Gasteiger partial charge in [0.25, 0.3) is 0 Å². The molecule has 5 aromatic rings. The van der Waals surface area contributed by atoms with Gasteiger partial charge in [0.2, 0.25) is 0 Å². The van der Waals surface area contributed by atoms with E-state index in [1.54, 1.807) is 0 Å². The molecule has 37 heavy (non-hydrogen) atoms. The van der Waals surface area contributed by atoms with Gasteiger partial charge in [-0.3, -0.25) is 0 Å². The summed E-state index contributed by atoms with van der Waals surface area (Å²) in [5, 5.41) is 4.51. The monoisotopic (exact) mass is 538 g/mol. The molecular weight excluding hydrogens is 509 g/mol. The largest absolute Gasteiger partial charge is 0.313 e. The van der Waals surface area contributed by atoms with E-state index in [4.69, 9.17) is 0 Å². The summed E-state index contributed by atoms with van der Waals surface area (Å²) < 4.78 is 30.2. The maximum absolute atomic E-state index is 15.1. The lowest BCUT2D eigenvalue weighted by Crippen LogP contribution is -2.23. The van der Waals surface area contributed by atoms with Crippen LogP contribution in [-0.4, -0.2) is 11.8 Å². The molecule has 0 fully saturated rings. The number of benzene rings is 5. The minimum absolute atomic E-state index is 0.462. The molecule has 0 amide bonds. The molecule has 0 bridgehead atoms. The molecule has 0 spiro atoms. The van der Waals surface area contributed by atoms with E-state index in [2.05, 4.69) is 12.1 Å². The Hall–Kier alpha value is -3.01. The van der Waals surface area contributed by atoms with E-state index >= 15 is 9.13 Å². The van der Waals surface area contributed by atoms with Crippen molar-refractivity contribution >= 4 is 48.7 Å². The van der Waals surface area contributed by atoms with Crippen LogP contribution in [0.15, 0.2) is 152 Å². The van der Waals surface area contributed by atoms with Crippen molar-refractivity contribution in [3.63, 3.8) is 0 Å². The number of rotatable bonds is 9. The van der Waals surface area contributed by atoms with Gasteiger partial charge < -0.3 is 9.13 Å². The molecule has 0 N–H and O–H groups in total. The van der Waals surface area contributed by atoms with Crippen LogP contribution in [0.4, 0.5) is 0 Å². The van der Waals surface area contributed by atoms with Gasteiger partial charge in [0.05, 0.1) is 0 Å². The van der Waals surface area contributed by atoms with E-state index in [9.17, 15) is 0 Å². The van der Waals surface area contributed by atoms with E-state index in [-0.39, 0.29) is 0 Å². The summed E-state index contributed by atoms with van der Waals surface area (Å²) in [5.41, 5.74) is 0. The zero-order valence-electron chi connectivity index (χ0n) is 20.5. The lowest BCUT2D eigenvalue weighted by Gasteiger charge is -2.30. The molecule has 0 saturated carbocycles. The van der Waals surface area contributed by atoms with E-state index in [1.807, 2.05) is 140 Å². The van der Waals surface area contributed by atoms with E-state index < -0.39 is 22.2 Å². The highest BCUT2D eigenvalue weighted by Gasteiger charge is 2.37. The lowest BCUT2D eigenvalue weighted by molar-refractivity contribution is 0.589. The first kappa shape index (κ1) is 25.6. The smallest absolute Gasteiger partial charge is 0.147 e. The fraction of sp³-hybridized carbons (Fsp3) is 0.0625. The highest BCUT2D eigenvalue weighted by Crippen LogP contribution is 2.62. The van der Waals surface area contributed by atoms with Crippen LogP contribution in [-0.2, 0) is 9.13 Å². The topological polar surface area (TPSA) is 34.1 Å². The zero-order chi connectivity index (χ0) is 25.6. The maximum atomic E-state index is 15.1. The van der Waals surface area contributed by atoms with Gasteiger partial charge >= 0.3 is 0 Å². The van der Waals surface area contributed by atoms with E-state index in [0.29, 0.717) is 11.8 Å². The first-order chi connectivity index (χ1) is 18.1. The summed E-state index contributed by atoms with van der Waals surface area (Å²) in [6, 6.07) is 49.5. The molecule has 5 rings (SSSR count). The second-order valence-electron chi connectivity index (χ2n) is 8.98. The highest BCUT2D eigenvalue weighted by atomic mass is 31.2. The minimum Gasteiger partial charge on any atom is -0.313 e. The lowest BCUT2D eigenvalue weighted by atomic mass is 10.4. The Morgan fingerprint density at radius 2 is 0.622 bits per heavy atom. The fourth-order valence-electron chi connectivity index (χ4n) is 4.63. The molecule has 2 nitrogen and oxygen atoms in total. The molecule has 0 radical (unpaired) electrons. The Balaban J connectivity index is 1.65. The van der Waals surface area contributed by atoms with Crippen molar-refractivity contribution in [3.05, 3.63) is 152 Å². The van der Waals surface area contributed by atoms with Gasteiger partial charge in [-0.2, -0.15) is 0 Å². The van der Waals surface area contributed by atoms with Crippen molar-refractivity contribution < 1.29 is 9.13 Å². The summed E-state index contributed by atoms with van der Waals surface area (Å²) in [4.78, 5) is 0. The van der Waals surface area contributed by atoms with Crippen molar-refractivity contribution in [2.45, 2.75) is 0 Å². The molecule has 0 unspecified atom stereocenters. The van der Waals surface area contributed by atoms with Crippen LogP contribution in [0.3, 0.4) is 0 Å². The highest BCUT2D eigenvalue weighted by molar-refractivity contribution is 7.95. The average Bonchev–Trinajstić information content (AvgIpc) is 2.99. The van der Waals surface area contributed by atoms with Crippen molar-refractivity contribution in [1.29, 1.82) is 0 Å². The second kappa shape index (κ2) is 11.6. The van der Waals surface area contributed by atoms with Crippen LogP contribution in [0.1, 0.15) is 0 Å². The molecule has 0 aliphatic carbocycles. The van der Waals surface area contributed by atoms with Crippen LogP contribution in [0, 0.1) is 0 Å². The zero-order valence-corrected chi connectivity index (χ0v) is 23.2. The predicted octanol–water partition coefficient (Wildman–Crippen LogP) is 6.74. The predicted molar refractivity (Wildman–Crippen MR) is 162 cm³/mol. The maximum Gasteiger partial charge on any atom is 0.147 e. The molecule has 5 aromatic carbocycles. The van der Waals surface area contributed by atoms with Crippen molar-refractivity contribution in [3.8, 4) is 0 Å². The Morgan fingerprint density at radius 3 is 0.892 bits per heavy atom. The molecule has 0 aliphatic rings. The summed E-state index contributed by atoms with van der Waals surface area (Å²) in [7, 11) is -7.07. The molecule has 0 atom stereocenters. The Labute approximate surface area is 220 Å². The molecular formula is C32H29O2P3. The number of hydrogen-bond acceptors (Lipinski definition) is 2. The molecule has 0 aliphatic heterocycles. The van der Waals surface area contributed by atoms with Gasteiger partial charge in [0, 0.05) is 33.0 Å². The van der Waals surface area contributed by atoms with Crippen LogP contribution < -0.4 is 26.5 Å². The van der Waals surface area contributed by atoms with Gasteiger partial charge in [-0.05, 0) is 5.30 Å². The normalized spacial score (nSPS) is 11.9. The third-order valence-corrected chi connectivity index (χ3v) is 18.0. The van der Waals surface area contributed by atoms with Gasteiger partial charge in [-0.25, -0.2) is 0 Å². The first-order valence-electron chi connectivity index (χ1n) is 12.3. The summed E-state index contributed by atoms with van der Waals surface area (Å²) in [5.74, 6) is 0.925. The van der Waals surface area contributed by atoms with Crippen LogP contribution in [0.25, 0.3) is 0 Å². The Morgan fingerprint density at radius 1 is 0.378 bits per heavy atom. The van der Waals surface area contributed by atoms with Crippen molar-refractivity contribution in [2.75, 3.05) is 11.8 Å². The molecule has 0 heterocycles. The van der Waals surface area contributed by atoms with Gasteiger partial charge in [-0.1, -0.05) is 160 Å². The van der Waals surface area contributed by atoms with E-state index in [0.717, 1.165) is 26.5 Å². The molecule has 5 heteroatoms. The standard InChI is InChI=1S/C32H29O2P3/c33-36(29-18-8-2-9-19-29,30-20-10-3-11-21-30)26-35(28-16-6-1-7-17-28)27-37(34,31-22-12-4-13-23-31)32-24-14-5-15-25-32/h1-25H,26-27H2. The van der Waals surface area contributed by atoms with E-state index in [1.165, 1.54) is 0 Å². The Kier molecular flexibility index (Phi) is 8.02. The van der Waals surface area contributed by atoms with Gasteiger partial charge in [0.15, 0.2) is 0 Å². The summed E-state index contributed by atoms with van der Waals surface area (Å²) in [6.45, 7) is 0. The summed E-state index contributed by atoms with van der Waals surface area (Å²) in [6.07, 6.45) is 0. The second-order valence-corrected chi connectivity index (χ2v) is 17.9. The van der Waals surface area contributed by atoms with Gasteiger partial charge in [-0.15, -0.1) is 0 Å². The quantitative estimate of drug-likeness (QED) is 0.195. The minimum atomic E-state index is -3.01. The third kappa shape index (κ3) is 5.63. The first-order valence-corrected chi connectivity index (χ1v) is 17.8. The van der Waals surface area contributed by atoms with Gasteiger partial charge in [0.1, 0.15) is 14.3 Å². The van der Waals surface area contributed by atoms with Crippen LogP contribution in [0.2, 0.25) is 0 Å². The molecule has 0 aromatic heterocycles. The van der Waals surface area contributed by atoms with Crippen LogP contribution in [0.5, 0.6) is 0 Å². The SMILES string of the molecule is O=P(CP(CP(=O)(c1ccccc1)c1ccccc1)c1ccccc1)(c1ccccc1)c1ccccc1. The number of hydrogen-bond donors (Lipinski definition) is 0. The van der Waals surface area contributed by atoms with Crippen molar-refractivity contribution in [2.24, 2.45) is 0 Å². The van der Waals surface area contributed by atoms with Crippen molar-refractivity contribution in [1.82, 2.24) is 0 Å². The summed E-state index contributed by atoms with van der Waals surface area (Å²) >= 11 is 0. The molecule has 0 saturated heterocycles. The molecule has 184 valence electrons. The third-order valence-electron chi connectivity index (χ3n) is 6.55. The van der Waals surface area contributed by atoms with Crippen LogP contribution >= 0.6 is 22.2 Å². The Bertz CT molecular complexity index is 1320. The average molecular weight is 539 g/mol. The fourth-order valence-corrected chi connectivity index (χ4v) is 17.4.